The number of likely N-dealkylation sites (tertiary alicyclic amines) is 2. The van der Waals surface area contributed by atoms with Crippen LogP contribution in [-0.4, -0.2) is 86.3 Å². The number of benzene rings is 2. The standard InChI is InChI=1S/C41H51N9O5/c1-20(2)32(42)40(52)49-14-7-8-29(49)38-45-28-18-43-27-16-23(9-11-25(27)34(28)47-38)30-17-24-10-12-26-35(37(24)55-30)48-39(44-26)36-22(5)13-15-50(36)41(53)33(21(3)4)46-31(51)19-54-6/h9-12,16-17,20-22,29,32-33,36,43H,7-8,13-15,18-19,42H2,1-6H3,(H,44,48)(H,45,47)(H,46,51). The Labute approximate surface area is 319 Å². The van der Waals surface area contributed by atoms with Crippen LogP contribution in [0.3, 0.4) is 0 Å². The third-order valence-corrected chi connectivity index (χ3v) is 11.6. The van der Waals surface area contributed by atoms with Gasteiger partial charge in [-0.3, -0.25) is 14.4 Å². The fourth-order valence-corrected chi connectivity index (χ4v) is 8.48. The van der Waals surface area contributed by atoms with Crippen LogP contribution in [0.1, 0.15) is 83.3 Å². The van der Waals surface area contributed by atoms with Crippen LogP contribution >= 0.6 is 0 Å². The van der Waals surface area contributed by atoms with Crippen molar-refractivity contribution in [3.63, 3.8) is 0 Å². The molecule has 0 aliphatic carbocycles. The number of fused-ring (bicyclic) bond motifs is 6. The van der Waals surface area contributed by atoms with Crippen LogP contribution in [0.25, 0.3) is 44.6 Å². The summed E-state index contributed by atoms with van der Waals surface area (Å²) in [4.78, 5) is 60.5. The number of hydrogen-bond acceptors (Lipinski definition) is 9. The predicted octanol–water partition coefficient (Wildman–Crippen LogP) is 5.64. The molecule has 2 fully saturated rings. The summed E-state index contributed by atoms with van der Waals surface area (Å²) in [5.74, 6) is 1.87. The van der Waals surface area contributed by atoms with E-state index < -0.39 is 12.1 Å². The molecule has 6 N–H and O–H groups in total. The highest BCUT2D eigenvalue weighted by Crippen LogP contribution is 2.42. The van der Waals surface area contributed by atoms with Crippen molar-refractivity contribution in [3.05, 3.63) is 53.7 Å². The van der Waals surface area contributed by atoms with E-state index in [4.69, 9.17) is 24.9 Å². The maximum absolute atomic E-state index is 13.9. The molecule has 3 aliphatic heterocycles. The molecule has 5 atom stereocenters. The second-order valence-electron chi connectivity index (χ2n) is 16.1. The number of aromatic nitrogens is 4. The van der Waals surface area contributed by atoms with Gasteiger partial charge in [-0.15, -0.1) is 0 Å². The van der Waals surface area contributed by atoms with Crippen molar-refractivity contribution in [2.45, 2.75) is 84.6 Å². The van der Waals surface area contributed by atoms with Crippen molar-refractivity contribution in [1.82, 2.24) is 35.1 Å². The predicted molar refractivity (Wildman–Crippen MR) is 210 cm³/mol. The highest BCUT2D eigenvalue weighted by atomic mass is 16.5. The molecular weight excluding hydrogens is 699 g/mol. The van der Waals surface area contributed by atoms with E-state index in [9.17, 15) is 14.4 Å². The van der Waals surface area contributed by atoms with E-state index in [0.29, 0.717) is 42.3 Å². The maximum Gasteiger partial charge on any atom is 0.246 e. The van der Waals surface area contributed by atoms with Crippen LogP contribution < -0.4 is 16.4 Å². The van der Waals surface area contributed by atoms with Gasteiger partial charge in [-0.2, -0.15) is 0 Å². The van der Waals surface area contributed by atoms with Crippen LogP contribution in [0.2, 0.25) is 0 Å². The molecule has 5 aromatic rings. The monoisotopic (exact) mass is 749 g/mol. The third-order valence-electron chi connectivity index (χ3n) is 11.6. The molecule has 14 nitrogen and oxygen atoms in total. The molecule has 2 aromatic carbocycles. The van der Waals surface area contributed by atoms with E-state index in [2.05, 4.69) is 39.7 Å². The molecule has 5 unspecified atom stereocenters. The first-order valence-corrected chi connectivity index (χ1v) is 19.5. The second-order valence-corrected chi connectivity index (χ2v) is 16.1. The Hall–Kier alpha value is -5.21. The lowest BCUT2D eigenvalue weighted by Gasteiger charge is -2.31. The van der Waals surface area contributed by atoms with Gasteiger partial charge in [-0.05, 0) is 67.3 Å². The van der Waals surface area contributed by atoms with Gasteiger partial charge in [0.05, 0.1) is 41.6 Å². The number of ether oxygens (including phenoxy) is 1. The number of hydrogen-bond donors (Lipinski definition) is 5. The zero-order chi connectivity index (χ0) is 38.7. The Bertz CT molecular complexity index is 2270. The summed E-state index contributed by atoms with van der Waals surface area (Å²) in [7, 11) is 1.46. The second kappa shape index (κ2) is 14.5. The van der Waals surface area contributed by atoms with Gasteiger partial charge in [0.15, 0.2) is 5.58 Å². The number of nitrogens with two attached hydrogens (primary N) is 1. The minimum absolute atomic E-state index is 0.0186. The minimum Gasteiger partial charge on any atom is -0.454 e. The molecular formula is C41H51N9O5. The van der Waals surface area contributed by atoms with Gasteiger partial charge >= 0.3 is 0 Å². The van der Waals surface area contributed by atoms with E-state index in [-0.39, 0.29) is 54.2 Å². The van der Waals surface area contributed by atoms with Crippen molar-refractivity contribution >= 4 is 45.4 Å². The van der Waals surface area contributed by atoms with E-state index in [1.807, 2.05) is 61.8 Å². The lowest BCUT2D eigenvalue weighted by molar-refractivity contribution is -0.139. The number of furan rings is 1. The highest BCUT2D eigenvalue weighted by Gasteiger charge is 2.41. The maximum atomic E-state index is 13.9. The van der Waals surface area contributed by atoms with Crippen LogP contribution in [-0.2, 0) is 25.7 Å². The quantitative estimate of drug-likeness (QED) is 0.121. The van der Waals surface area contributed by atoms with Crippen LogP contribution in [0.15, 0.2) is 40.8 Å². The van der Waals surface area contributed by atoms with E-state index in [0.717, 1.165) is 64.2 Å². The highest BCUT2D eigenvalue weighted by molar-refractivity contribution is 6.02. The van der Waals surface area contributed by atoms with Gasteiger partial charge in [-0.25, -0.2) is 9.97 Å². The lowest BCUT2D eigenvalue weighted by Crippen LogP contribution is -2.52. The molecule has 0 radical (unpaired) electrons. The number of carbonyl (C=O) groups is 3. The largest absolute Gasteiger partial charge is 0.454 e. The molecule has 3 aromatic heterocycles. The van der Waals surface area contributed by atoms with Gasteiger partial charge < -0.3 is 45.3 Å². The van der Waals surface area contributed by atoms with Crippen molar-refractivity contribution in [3.8, 4) is 22.6 Å². The van der Waals surface area contributed by atoms with Gasteiger partial charge in [-0.1, -0.05) is 40.7 Å². The molecule has 0 bridgehead atoms. The van der Waals surface area contributed by atoms with Crippen molar-refractivity contribution in [2.75, 3.05) is 32.1 Å². The fourth-order valence-electron chi connectivity index (χ4n) is 8.48. The molecule has 8 rings (SSSR count). The molecule has 55 heavy (non-hydrogen) atoms. The molecule has 290 valence electrons. The van der Waals surface area contributed by atoms with Crippen LogP contribution in [0.4, 0.5) is 5.69 Å². The lowest BCUT2D eigenvalue weighted by atomic mass is 10.00. The zero-order valence-corrected chi connectivity index (χ0v) is 32.4. The number of aromatic amines is 2. The number of rotatable bonds is 10. The van der Waals surface area contributed by atoms with Gasteiger partial charge in [0, 0.05) is 42.4 Å². The number of anilines is 1. The van der Waals surface area contributed by atoms with Gasteiger partial charge in [0.25, 0.3) is 0 Å². The summed E-state index contributed by atoms with van der Waals surface area (Å²) < 4.78 is 11.6. The van der Waals surface area contributed by atoms with Crippen molar-refractivity contribution < 1.29 is 23.5 Å². The average molecular weight is 750 g/mol. The minimum atomic E-state index is -0.672. The van der Waals surface area contributed by atoms with E-state index in [1.165, 1.54) is 7.11 Å². The topological polar surface area (TPSA) is 187 Å². The number of nitrogens with one attached hydrogen (secondary N) is 4. The molecule has 0 spiro atoms. The van der Waals surface area contributed by atoms with Gasteiger partial charge in [0.1, 0.15) is 35.6 Å². The van der Waals surface area contributed by atoms with Crippen LogP contribution in [0, 0.1) is 17.8 Å². The Morgan fingerprint density at radius 3 is 2.56 bits per heavy atom. The molecule has 3 aliphatic rings. The summed E-state index contributed by atoms with van der Waals surface area (Å²) >= 11 is 0. The first-order chi connectivity index (χ1) is 26.4. The van der Waals surface area contributed by atoms with E-state index >= 15 is 0 Å². The summed E-state index contributed by atoms with van der Waals surface area (Å²) in [6.07, 6.45) is 2.59. The first kappa shape index (κ1) is 36.8. The summed E-state index contributed by atoms with van der Waals surface area (Å²) in [6.45, 7) is 11.7. The third kappa shape index (κ3) is 6.54. The Kier molecular flexibility index (Phi) is 9.66. The van der Waals surface area contributed by atoms with Gasteiger partial charge in [0.2, 0.25) is 17.7 Å². The number of imidazole rings is 2. The van der Waals surface area contributed by atoms with E-state index in [1.54, 1.807) is 0 Å². The Balaban J connectivity index is 1.06. The fraction of sp³-hybridized carbons (Fsp3) is 0.488. The smallest absolute Gasteiger partial charge is 0.246 e. The summed E-state index contributed by atoms with van der Waals surface area (Å²) in [6, 6.07) is 10.7. The number of nitrogens with zero attached hydrogens (tertiary/aromatic N) is 4. The zero-order valence-electron chi connectivity index (χ0n) is 32.4. The normalized spacial score (nSPS) is 20.6. The molecule has 14 heteroatoms. The Morgan fingerprint density at radius 1 is 0.982 bits per heavy atom. The first-order valence-electron chi connectivity index (χ1n) is 19.5. The average Bonchev–Trinajstić information content (AvgIpc) is 4.00. The SMILES string of the molecule is COCC(=O)NC(C(=O)N1CCC(C)C1c1nc2c(ccc3cc(-c4ccc5c(c4)NCc4[nH]c(C6CCCN6C(=O)C(N)C(C)C)nc4-5)oc32)[nH]1)C(C)C. The number of amides is 3. The van der Waals surface area contributed by atoms with Crippen molar-refractivity contribution in [2.24, 2.45) is 23.5 Å². The molecule has 3 amide bonds. The molecule has 0 saturated carbocycles. The number of carbonyl (C=O) groups excluding carboxylic acids is 3. The summed E-state index contributed by atoms with van der Waals surface area (Å²) in [5, 5.41) is 7.35. The molecule has 2 saturated heterocycles. The summed E-state index contributed by atoms with van der Waals surface area (Å²) in [5.41, 5.74) is 13.2. The number of H-pyrrole nitrogens is 2. The van der Waals surface area contributed by atoms with Crippen LogP contribution in [0.5, 0.6) is 0 Å². The Morgan fingerprint density at radius 2 is 1.80 bits per heavy atom. The number of methoxy groups -OCH3 is 1. The molecule has 6 heterocycles. The van der Waals surface area contributed by atoms with Crippen molar-refractivity contribution in [1.29, 1.82) is 0 Å².